The van der Waals surface area contributed by atoms with Crippen molar-refractivity contribution in [3.8, 4) is 11.4 Å². The van der Waals surface area contributed by atoms with E-state index in [0.29, 0.717) is 28.8 Å². The van der Waals surface area contributed by atoms with E-state index in [4.69, 9.17) is 16.1 Å². The smallest absolute Gasteiger partial charge is 0.324 e. The van der Waals surface area contributed by atoms with Gasteiger partial charge in [-0.15, -0.1) is 10.2 Å². The molecule has 2 fully saturated rings. The molecule has 0 unspecified atom stereocenters. The van der Waals surface area contributed by atoms with Gasteiger partial charge in [-0.05, 0) is 37.8 Å². The van der Waals surface area contributed by atoms with Crippen molar-refractivity contribution >= 4 is 17.6 Å². The minimum atomic E-state index is 0.449. The minimum absolute atomic E-state index is 0.449. The molecule has 8 heteroatoms. The normalized spacial score (nSPS) is 18.4. The maximum atomic E-state index is 6.04. The summed E-state index contributed by atoms with van der Waals surface area (Å²) in [6, 6.07) is 8.67. The Morgan fingerprint density at radius 1 is 1.12 bits per heavy atom. The quantitative estimate of drug-likeness (QED) is 0.697. The van der Waals surface area contributed by atoms with Crippen LogP contribution >= 0.6 is 11.6 Å². The van der Waals surface area contributed by atoms with Crippen LogP contribution in [0.1, 0.15) is 43.5 Å². The summed E-state index contributed by atoms with van der Waals surface area (Å²) in [5, 5.41) is 13.3. The Bertz CT molecular complexity index is 910. The summed E-state index contributed by atoms with van der Waals surface area (Å²) < 4.78 is 7.75. The van der Waals surface area contributed by atoms with Gasteiger partial charge in [-0.3, -0.25) is 0 Å². The summed E-state index contributed by atoms with van der Waals surface area (Å²) in [7, 11) is 0. The number of piperidine rings is 1. The van der Waals surface area contributed by atoms with Gasteiger partial charge in [0.05, 0.1) is 0 Å². The van der Waals surface area contributed by atoms with Crippen LogP contribution in [0.2, 0.25) is 5.02 Å². The molecule has 1 aromatic carbocycles. The number of nitrogens with zero attached hydrogens (tertiary/aromatic N) is 6. The molecule has 0 spiro atoms. The molecule has 5 rings (SSSR count). The number of hydrogen-bond donors (Lipinski definition) is 0. The second-order valence-corrected chi connectivity index (χ2v) is 7.44. The van der Waals surface area contributed by atoms with Crippen molar-refractivity contribution in [1.82, 2.24) is 24.9 Å². The summed E-state index contributed by atoms with van der Waals surface area (Å²) >= 11 is 6.04. The van der Waals surface area contributed by atoms with Crippen LogP contribution in [-0.2, 0) is 0 Å². The van der Waals surface area contributed by atoms with Crippen LogP contribution < -0.4 is 4.90 Å². The first-order valence-corrected chi connectivity index (χ1v) is 9.40. The van der Waals surface area contributed by atoms with Gasteiger partial charge in [0, 0.05) is 35.6 Å². The Balaban J connectivity index is 1.28. The minimum Gasteiger partial charge on any atom is -0.324 e. The first kappa shape index (κ1) is 15.8. The predicted molar refractivity (Wildman–Crippen MR) is 97.2 cm³/mol. The summed E-state index contributed by atoms with van der Waals surface area (Å²) in [5.74, 6) is 2.15. The highest BCUT2D eigenvalue weighted by atomic mass is 35.5. The predicted octanol–water partition coefficient (Wildman–Crippen LogP) is 3.70. The third kappa shape index (κ3) is 2.96. The number of halogens is 1. The molecule has 1 aliphatic heterocycles. The van der Waals surface area contributed by atoms with E-state index in [1.807, 2.05) is 30.6 Å². The van der Waals surface area contributed by atoms with Crippen LogP contribution in [0, 0.1) is 0 Å². The van der Waals surface area contributed by atoms with Crippen molar-refractivity contribution in [3.63, 3.8) is 0 Å². The fourth-order valence-electron chi connectivity index (χ4n) is 3.60. The molecule has 26 heavy (non-hydrogen) atoms. The van der Waals surface area contributed by atoms with Crippen molar-refractivity contribution < 1.29 is 4.52 Å². The number of anilines is 1. The summed E-state index contributed by atoms with van der Waals surface area (Å²) in [4.78, 5) is 6.69. The summed E-state index contributed by atoms with van der Waals surface area (Å²) in [5.41, 5.74) is 0.861. The highest BCUT2D eigenvalue weighted by molar-refractivity contribution is 6.30. The van der Waals surface area contributed by atoms with Gasteiger partial charge < -0.3 is 14.0 Å². The second kappa shape index (κ2) is 6.39. The SMILES string of the molecule is Clc1cccc(-c2noc(N3CCC(c4nncn4C4CC4)CC3)n2)c1. The molecule has 1 saturated carbocycles. The van der Waals surface area contributed by atoms with Gasteiger partial charge in [0.2, 0.25) is 5.82 Å². The zero-order chi connectivity index (χ0) is 17.5. The molecule has 2 aromatic heterocycles. The van der Waals surface area contributed by atoms with Crippen molar-refractivity contribution in [3.05, 3.63) is 41.4 Å². The van der Waals surface area contributed by atoms with Crippen LogP contribution in [0.5, 0.6) is 0 Å². The lowest BCUT2D eigenvalue weighted by atomic mass is 9.96. The Labute approximate surface area is 156 Å². The van der Waals surface area contributed by atoms with Crippen molar-refractivity contribution in [2.45, 2.75) is 37.6 Å². The molecule has 134 valence electrons. The van der Waals surface area contributed by atoms with Crippen LogP contribution in [-0.4, -0.2) is 38.0 Å². The molecule has 3 heterocycles. The fraction of sp³-hybridized carbons (Fsp3) is 0.444. The van der Waals surface area contributed by atoms with Gasteiger partial charge in [-0.25, -0.2) is 0 Å². The molecule has 3 aromatic rings. The first-order valence-electron chi connectivity index (χ1n) is 9.02. The third-order valence-corrected chi connectivity index (χ3v) is 5.40. The topological polar surface area (TPSA) is 72.9 Å². The maximum Gasteiger partial charge on any atom is 0.324 e. The van der Waals surface area contributed by atoms with Gasteiger partial charge >= 0.3 is 6.01 Å². The van der Waals surface area contributed by atoms with E-state index in [9.17, 15) is 0 Å². The molecule has 0 N–H and O–H groups in total. The first-order chi connectivity index (χ1) is 12.8. The van der Waals surface area contributed by atoms with E-state index in [-0.39, 0.29) is 0 Å². The highest BCUT2D eigenvalue weighted by Gasteiger charge is 2.31. The Morgan fingerprint density at radius 2 is 1.96 bits per heavy atom. The van der Waals surface area contributed by atoms with E-state index in [2.05, 4.69) is 29.8 Å². The van der Waals surface area contributed by atoms with Gasteiger partial charge in [0.25, 0.3) is 0 Å². The monoisotopic (exact) mass is 370 g/mol. The number of aromatic nitrogens is 5. The lowest BCUT2D eigenvalue weighted by molar-refractivity contribution is 0.388. The van der Waals surface area contributed by atoms with E-state index in [1.54, 1.807) is 0 Å². The number of hydrogen-bond acceptors (Lipinski definition) is 6. The second-order valence-electron chi connectivity index (χ2n) is 7.00. The van der Waals surface area contributed by atoms with E-state index >= 15 is 0 Å². The van der Waals surface area contributed by atoms with Crippen molar-refractivity contribution in [2.75, 3.05) is 18.0 Å². The van der Waals surface area contributed by atoms with Crippen LogP contribution in [0.25, 0.3) is 11.4 Å². The van der Waals surface area contributed by atoms with Gasteiger partial charge in [0.1, 0.15) is 12.2 Å². The largest absolute Gasteiger partial charge is 0.324 e. The molecule has 7 nitrogen and oxygen atoms in total. The van der Waals surface area contributed by atoms with Crippen LogP contribution in [0.15, 0.2) is 35.1 Å². The Hall–Kier alpha value is -2.41. The van der Waals surface area contributed by atoms with E-state index in [0.717, 1.165) is 37.3 Å². The molecule has 0 atom stereocenters. The molecule has 0 radical (unpaired) electrons. The summed E-state index contributed by atoms with van der Waals surface area (Å²) in [6.45, 7) is 1.75. The Kier molecular flexibility index (Phi) is 3.89. The van der Waals surface area contributed by atoms with E-state index < -0.39 is 0 Å². The van der Waals surface area contributed by atoms with Gasteiger partial charge in [-0.2, -0.15) is 4.98 Å². The molecule has 1 saturated heterocycles. The average molecular weight is 371 g/mol. The zero-order valence-electron chi connectivity index (χ0n) is 14.3. The maximum absolute atomic E-state index is 6.04. The van der Waals surface area contributed by atoms with Gasteiger partial charge in [-0.1, -0.05) is 28.9 Å². The van der Waals surface area contributed by atoms with Crippen LogP contribution in [0.3, 0.4) is 0 Å². The lowest BCUT2D eigenvalue weighted by Gasteiger charge is -2.30. The van der Waals surface area contributed by atoms with Gasteiger partial charge in [0.15, 0.2) is 0 Å². The highest BCUT2D eigenvalue weighted by Crippen LogP contribution is 2.38. The fourth-order valence-corrected chi connectivity index (χ4v) is 3.79. The number of rotatable bonds is 4. The standard InChI is InChI=1S/C18H19ClN6O/c19-14-3-1-2-13(10-14)16-21-18(26-23-16)24-8-6-12(7-9-24)17-22-20-11-25(17)15-4-5-15/h1-3,10-12,15H,4-9H2. The number of benzene rings is 1. The van der Waals surface area contributed by atoms with Crippen molar-refractivity contribution in [1.29, 1.82) is 0 Å². The zero-order valence-corrected chi connectivity index (χ0v) is 15.0. The van der Waals surface area contributed by atoms with Crippen molar-refractivity contribution in [2.24, 2.45) is 0 Å². The van der Waals surface area contributed by atoms with E-state index in [1.165, 1.54) is 12.8 Å². The lowest BCUT2D eigenvalue weighted by Crippen LogP contribution is -2.33. The average Bonchev–Trinajstić information content (AvgIpc) is 3.20. The summed E-state index contributed by atoms with van der Waals surface area (Å²) in [6.07, 6.45) is 6.41. The molecule has 0 bridgehead atoms. The molecule has 0 amide bonds. The Morgan fingerprint density at radius 3 is 2.73 bits per heavy atom. The third-order valence-electron chi connectivity index (χ3n) is 5.17. The molecule has 2 aliphatic rings. The molecular weight excluding hydrogens is 352 g/mol. The van der Waals surface area contributed by atoms with Crippen LogP contribution in [0.4, 0.5) is 6.01 Å². The molecular formula is C18H19ClN6O. The molecule has 1 aliphatic carbocycles.